The van der Waals surface area contributed by atoms with Crippen LogP contribution < -0.4 is 10.1 Å². The SMILES string of the molecule is OCCCCCNc1ccc(OCc2ccccc2)cc1. The van der Waals surface area contributed by atoms with Crippen molar-refractivity contribution in [3.8, 4) is 5.75 Å². The Balaban J connectivity index is 1.71. The molecule has 0 saturated carbocycles. The van der Waals surface area contributed by atoms with Gasteiger partial charge in [-0.2, -0.15) is 0 Å². The summed E-state index contributed by atoms with van der Waals surface area (Å²) >= 11 is 0. The molecule has 0 atom stereocenters. The minimum absolute atomic E-state index is 0.285. The van der Waals surface area contributed by atoms with Gasteiger partial charge in [0.25, 0.3) is 0 Å². The molecule has 0 bridgehead atoms. The van der Waals surface area contributed by atoms with Crippen LogP contribution in [0.4, 0.5) is 5.69 Å². The molecular formula is C18H23NO2. The number of unbranched alkanes of at least 4 members (excludes halogenated alkanes) is 2. The fraction of sp³-hybridized carbons (Fsp3) is 0.333. The molecule has 0 heterocycles. The van der Waals surface area contributed by atoms with Crippen LogP contribution in [-0.4, -0.2) is 18.3 Å². The summed E-state index contributed by atoms with van der Waals surface area (Å²) in [6, 6.07) is 18.2. The van der Waals surface area contributed by atoms with E-state index in [4.69, 9.17) is 9.84 Å². The molecular weight excluding hydrogens is 262 g/mol. The van der Waals surface area contributed by atoms with E-state index < -0.39 is 0 Å². The normalized spacial score (nSPS) is 10.3. The Kier molecular flexibility index (Phi) is 6.62. The molecule has 0 aliphatic rings. The average Bonchev–Trinajstić information content (AvgIpc) is 2.55. The number of ether oxygens (including phenoxy) is 1. The Morgan fingerprint density at radius 1 is 0.857 bits per heavy atom. The maximum atomic E-state index is 8.71. The molecule has 0 saturated heterocycles. The number of benzene rings is 2. The molecule has 3 heteroatoms. The summed E-state index contributed by atoms with van der Waals surface area (Å²) in [5.41, 5.74) is 2.27. The van der Waals surface area contributed by atoms with Crippen molar-refractivity contribution >= 4 is 5.69 Å². The predicted molar refractivity (Wildman–Crippen MR) is 86.6 cm³/mol. The van der Waals surface area contributed by atoms with Gasteiger partial charge in [-0.15, -0.1) is 0 Å². The Hall–Kier alpha value is -2.00. The lowest BCUT2D eigenvalue weighted by atomic mass is 10.2. The third kappa shape index (κ3) is 5.88. The molecule has 0 radical (unpaired) electrons. The van der Waals surface area contributed by atoms with Crippen LogP contribution in [0.2, 0.25) is 0 Å². The largest absolute Gasteiger partial charge is 0.489 e. The summed E-state index contributed by atoms with van der Waals surface area (Å²) in [6.45, 7) is 1.81. The van der Waals surface area contributed by atoms with Gasteiger partial charge in [0.1, 0.15) is 12.4 Å². The first kappa shape index (κ1) is 15.4. The molecule has 112 valence electrons. The molecule has 2 N–H and O–H groups in total. The molecule has 2 rings (SSSR count). The van der Waals surface area contributed by atoms with E-state index in [-0.39, 0.29) is 6.61 Å². The predicted octanol–water partition coefficient (Wildman–Crippen LogP) is 3.84. The van der Waals surface area contributed by atoms with Crippen molar-refractivity contribution in [3.05, 3.63) is 60.2 Å². The highest BCUT2D eigenvalue weighted by atomic mass is 16.5. The molecule has 2 aromatic rings. The molecule has 0 fully saturated rings. The first-order valence-corrected chi connectivity index (χ1v) is 7.50. The number of nitrogens with one attached hydrogen (secondary N) is 1. The summed E-state index contributed by atoms with van der Waals surface area (Å²) < 4.78 is 5.75. The zero-order chi connectivity index (χ0) is 14.8. The number of aliphatic hydroxyl groups excluding tert-OH is 1. The molecule has 0 aromatic heterocycles. The van der Waals surface area contributed by atoms with Crippen molar-refractivity contribution in [2.45, 2.75) is 25.9 Å². The van der Waals surface area contributed by atoms with Crippen LogP contribution in [0.1, 0.15) is 24.8 Å². The number of aliphatic hydroxyl groups is 1. The molecule has 0 unspecified atom stereocenters. The van der Waals surface area contributed by atoms with Crippen LogP contribution in [0, 0.1) is 0 Å². The highest BCUT2D eigenvalue weighted by Crippen LogP contribution is 2.17. The van der Waals surface area contributed by atoms with Gasteiger partial charge in [-0.05, 0) is 49.1 Å². The number of rotatable bonds is 9. The first-order chi connectivity index (χ1) is 10.4. The van der Waals surface area contributed by atoms with E-state index in [0.717, 1.165) is 37.2 Å². The maximum absolute atomic E-state index is 8.71. The topological polar surface area (TPSA) is 41.5 Å². The molecule has 21 heavy (non-hydrogen) atoms. The first-order valence-electron chi connectivity index (χ1n) is 7.50. The lowest BCUT2D eigenvalue weighted by molar-refractivity contribution is 0.283. The van der Waals surface area contributed by atoms with Gasteiger partial charge in [0.15, 0.2) is 0 Å². The van der Waals surface area contributed by atoms with Crippen molar-refractivity contribution < 1.29 is 9.84 Å². The van der Waals surface area contributed by atoms with E-state index in [9.17, 15) is 0 Å². The minimum atomic E-state index is 0.285. The van der Waals surface area contributed by atoms with Gasteiger partial charge in [-0.3, -0.25) is 0 Å². The van der Waals surface area contributed by atoms with Crippen molar-refractivity contribution in [2.24, 2.45) is 0 Å². The smallest absolute Gasteiger partial charge is 0.119 e. The fourth-order valence-corrected chi connectivity index (χ4v) is 2.06. The van der Waals surface area contributed by atoms with E-state index in [1.54, 1.807) is 0 Å². The van der Waals surface area contributed by atoms with Gasteiger partial charge in [-0.25, -0.2) is 0 Å². The molecule has 0 spiro atoms. The molecule has 0 amide bonds. The van der Waals surface area contributed by atoms with E-state index >= 15 is 0 Å². The van der Waals surface area contributed by atoms with E-state index in [1.165, 1.54) is 5.56 Å². The Morgan fingerprint density at radius 2 is 1.62 bits per heavy atom. The lowest BCUT2D eigenvalue weighted by Crippen LogP contribution is -2.02. The van der Waals surface area contributed by atoms with Gasteiger partial charge in [-0.1, -0.05) is 30.3 Å². The number of hydrogen-bond donors (Lipinski definition) is 2. The molecule has 0 aliphatic heterocycles. The fourth-order valence-electron chi connectivity index (χ4n) is 2.06. The zero-order valence-corrected chi connectivity index (χ0v) is 12.3. The monoisotopic (exact) mass is 285 g/mol. The van der Waals surface area contributed by atoms with Crippen LogP contribution in [0.25, 0.3) is 0 Å². The maximum Gasteiger partial charge on any atom is 0.119 e. The zero-order valence-electron chi connectivity index (χ0n) is 12.3. The summed E-state index contributed by atoms with van der Waals surface area (Å²) in [5.74, 6) is 0.879. The molecule has 2 aromatic carbocycles. The summed E-state index contributed by atoms with van der Waals surface area (Å²) in [5, 5.41) is 12.1. The quantitative estimate of drug-likeness (QED) is 0.688. The van der Waals surface area contributed by atoms with Crippen LogP contribution in [-0.2, 0) is 6.61 Å². The van der Waals surface area contributed by atoms with Gasteiger partial charge in [0.05, 0.1) is 0 Å². The Morgan fingerprint density at radius 3 is 2.33 bits per heavy atom. The van der Waals surface area contributed by atoms with Gasteiger partial charge in [0.2, 0.25) is 0 Å². The second kappa shape index (κ2) is 9.03. The number of anilines is 1. The number of hydrogen-bond acceptors (Lipinski definition) is 3. The molecule has 0 aliphatic carbocycles. The van der Waals surface area contributed by atoms with Gasteiger partial charge < -0.3 is 15.2 Å². The highest BCUT2D eigenvalue weighted by molar-refractivity contribution is 5.46. The summed E-state index contributed by atoms with van der Waals surface area (Å²) in [6.07, 6.45) is 3.02. The second-order valence-corrected chi connectivity index (χ2v) is 5.01. The van der Waals surface area contributed by atoms with Crippen molar-refractivity contribution in [1.29, 1.82) is 0 Å². The lowest BCUT2D eigenvalue weighted by Gasteiger charge is -2.09. The summed E-state index contributed by atoms with van der Waals surface area (Å²) in [7, 11) is 0. The van der Waals surface area contributed by atoms with Crippen molar-refractivity contribution in [2.75, 3.05) is 18.5 Å². The van der Waals surface area contributed by atoms with Gasteiger partial charge in [0, 0.05) is 18.8 Å². The third-order valence-corrected chi connectivity index (χ3v) is 3.27. The van der Waals surface area contributed by atoms with E-state index in [0.29, 0.717) is 6.61 Å². The standard InChI is InChI=1S/C18H23NO2/c20-14-6-2-5-13-19-17-9-11-18(12-10-17)21-15-16-7-3-1-4-8-16/h1,3-4,7-12,19-20H,2,5-6,13-15H2. The Labute approximate surface area is 126 Å². The average molecular weight is 285 g/mol. The van der Waals surface area contributed by atoms with Crippen LogP contribution in [0.15, 0.2) is 54.6 Å². The van der Waals surface area contributed by atoms with Crippen LogP contribution >= 0.6 is 0 Å². The summed E-state index contributed by atoms with van der Waals surface area (Å²) in [4.78, 5) is 0. The second-order valence-electron chi connectivity index (χ2n) is 5.01. The van der Waals surface area contributed by atoms with Crippen LogP contribution in [0.5, 0.6) is 5.75 Å². The Bertz CT molecular complexity index is 496. The van der Waals surface area contributed by atoms with Crippen molar-refractivity contribution in [3.63, 3.8) is 0 Å². The van der Waals surface area contributed by atoms with E-state index in [1.807, 2.05) is 42.5 Å². The van der Waals surface area contributed by atoms with Gasteiger partial charge >= 0.3 is 0 Å². The molecule has 3 nitrogen and oxygen atoms in total. The van der Waals surface area contributed by atoms with Crippen molar-refractivity contribution in [1.82, 2.24) is 0 Å². The highest BCUT2D eigenvalue weighted by Gasteiger charge is 1.97. The minimum Gasteiger partial charge on any atom is -0.489 e. The third-order valence-electron chi connectivity index (χ3n) is 3.27. The van der Waals surface area contributed by atoms with E-state index in [2.05, 4.69) is 17.4 Å². The van der Waals surface area contributed by atoms with Crippen LogP contribution in [0.3, 0.4) is 0 Å².